The number of amides is 1. The van der Waals surface area contributed by atoms with Crippen molar-refractivity contribution < 1.29 is 23.1 Å². The van der Waals surface area contributed by atoms with Crippen molar-refractivity contribution in [3.05, 3.63) is 24.3 Å². The van der Waals surface area contributed by atoms with Crippen LogP contribution < -0.4 is 10.0 Å². The average molecular weight is 360 g/mol. The number of hydrogen-bond donors (Lipinski definition) is 3. The van der Waals surface area contributed by atoms with Gasteiger partial charge in [0.2, 0.25) is 15.9 Å². The van der Waals surface area contributed by atoms with Crippen LogP contribution in [0.3, 0.4) is 0 Å². The molecule has 0 aromatic heterocycles. The molecule has 1 amide bonds. The molecular weight excluding hydrogens is 340 g/mol. The SMILES string of the molecule is CCSCCC(NS(=O)(=O)c1ccc(NC(C)=O)cc1)C(=O)O. The molecule has 1 aromatic carbocycles. The molecular formula is C14H20N2O5S2. The maximum absolute atomic E-state index is 12.2. The number of carboxylic acid groups (broad SMARTS) is 1. The van der Waals surface area contributed by atoms with Crippen LogP contribution >= 0.6 is 11.8 Å². The van der Waals surface area contributed by atoms with Gasteiger partial charge < -0.3 is 10.4 Å². The molecule has 1 atom stereocenters. The first-order valence-corrected chi connectivity index (χ1v) is 9.60. The summed E-state index contributed by atoms with van der Waals surface area (Å²) >= 11 is 1.54. The zero-order valence-electron chi connectivity index (χ0n) is 12.9. The summed E-state index contributed by atoms with van der Waals surface area (Å²) in [6, 6.07) is 4.34. The second kappa shape index (κ2) is 8.90. The quantitative estimate of drug-likeness (QED) is 0.576. The molecule has 23 heavy (non-hydrogen) atoms. The van der Waals surface area contributed by atoms with Crippen LogP contribution in [-0.2, 0) is 19.6 Å². The van der Waals surface area contributed by atoms with Crippen molar-refractivity contribution in [3.63, 3.8) is 0 Å². The largest absolute Gasteiger partial charge is 0.480 e. The van der Waals surface area contributed by atoms with E-state index in [1.165, 1.54) is 31.2 Å². The van der Waals surface area contributed by atoms with Crippen LogP contribution in [0.4, 0.5) is 5.69 Å². The lowest BCUT2D eigenvalue weighted by Gasteiger charge is -2.14. The standard InChI is InChI=1S/C14H20N2O5S2/c1-3-22-9-8-13(14(18)19)16-23(20,21)12-6-4-11(5-7-12)15-10(2)17/h4-7,13,16H,3,8-9H2,1-2H3,(H,15,17)(H,18,19). The van der Waals surface area contributed by atoms with Gasteiger partial charge in [0.25, 0.3) is 0 Å². The molecule has 1 unspecified atom stereocenters. The number of sulfonamides is 1. The highest BCUT2D eigenvalue weighted by Gasteiger charge is 2.25. The summed E-state index contributed by atoms with van der Waals surface area (Å²) in [5.41, 5.74) is 0.464. The van der Waals surface area contributed by atoms with Gasteiger partial charge in [0.1, 0.15) is 6.04 Å². The van der Waals surface area contributed by atoms with Gasteiger partial charge >= 0.3 is 5.97 Å². The Balaban J connectivity index is 2.83. The molecule has 0 saturated carbocycles. The molecule has 1 aromatic rings. The third-order valence-corrected chi connectivity index (χ3v) is 5.26. The Labute approximate surface area is 139 Å². The molecule has 0 fully saturated rings. The minimum atomic E-state index is -3.94. The minimum Gasteiger partial charge on any atom is -0.480 e. The van der Waals surface area contributed by atoms with Crippen LogP contribution in [0.15, 0.2) is 29.2 Å². The molecule has 0 aliphatic rings. The van der Waals surface area contributed by atoms with E-state index in [9.17, 15) is 18.0 Å². The molecule has 0 aliphatic heterocycles. The maximum Gasteiger partial charge on any atom is 0.321 e. The zero-order valence-corrected chi connectivity index (χ0v) is 14.5. The van der Waals surface area contributed by atoms with Crippen molar-refractivity contribution in [2.75, 3.05) is 16.8 Å². The summed E-state index contributed by atoms with van der Waals surface area (Å²) in [4.78, 5) is 22.1. The fraction of sp³-hybridized carbons (Fsp3) is 0.429. The third-order valence-electron chi connectivity index (χ3n) is 2.84. The van der Waals surface area contributed by atoms with Gasteiger partial charge in [0.15, 0.2) is 0 Å². The van der Waals surface area contributed by atoms with Gasteiger partial charge in [0, 0.05) is 12.6 Å². The number of nitrogens with one attached hydrogen (secondary N) is 2. The summed E-state index contributed by atoms with van der Waals surface area (Å²) in [7, 11) is -3.94. The monoisotopic (exact) mass is 360 g/mol. The van der Waals surface area contributed by atoms with E-state index in [0.29, 0.717) is 11.4 Å². The van der Waals surface area contributed by atoms with Crippen LogP contribution in [0.25, 0.3) is 0 Å². The summed E-state index contributed by atoms with van der Waals surface area (Å²) in [5.74, 6) is -0.0838. The van der Waals surface area contributed by atoms with E-state index in [1.54, 1.807) is 11.8 Å². The van der Waals surface area contributed by atoms with Crippen molar-refractivity contribution >= 4 is 39.3 Å². The van der Waals surface area contributed by atoms with Gasteiger partial charge in [-0.3, -0.25) is 9.59 Å². The van der Waals surface area contributed by atoms with E-state index in [2.05, 4.69) is 10.0 Å². The molecule has 0 heterocycles. The Morgan fingerprint density at radius 3 is 2.35 bits per heavy atom. The Hall–Kier alpha value is -1.58. The van der Waals surface area contributed by atoms with Crippen LogP contribution in [0, 0.1) is 0 Å². The molecule has 0 spiro atoms. The number of hydrogen-bond acceptors (Lipinski definition) is 5. The van der Waals surface area contributed by atoms with Gasteiger partial charge in [0.05, 0.1) is 4.90 Å². The van der Waals surface area contributed by atoms with E-state index in [0.717, 1.165) is 5.75 Å². The number of aliphatic carboxylic acids is 1. The van der Waals surface area contributed by atoms with E-state index in [1.807, 2.05) is 6.92 Å². The fourth-order valence-electron chi connectivity index (χ4n) is 1.75. The van der Waals surface area contributed by atoms with Crippen molar-refractivity contribution in [2.24, 2.45) is 0 Å². The lowest BCUT2D eigenvalue weighted by Crippen LogP contribution is -2.41. The first-order chi connectivity index (χ1) is 10.8. The highest BCUT2D eigenvalue weighted by molar-refractivity contribution is 7.99. The van der Waals surface area contributed by atoms with Crippen LogP contribution in [0.2, 0.25) is 0 Å². The van der Waals surface area contributed by atoms with Crippen molar-refractivity contribution in [2.45, 2.75) is 31.2 Å². The fourth-order valence-corrected chi connectivity index (χ4v) is 3.67. The predicted molar refractivity (Wildman–Crippen MR) is 90.1 cm³/mol. The Bertz CT molecular complexity index is 644. The summed E-state index contributed by atoms with van der Waals surface area (Å²) in [5, 5.41) is 11.7. The number of thioether (sulfide) groups is 1. The number of benzene rings is 1. The van der Waals surface area contributed by atoms with Crippen LogP contribution in [-0.4, -0.2) is 42.9 Å². The van der Waals surface area contributed by atoms with Gasteiger partial charge in [-0.05, 0) is 42.2 Å². The lowest BCUT2D eigenvalue weighted by molar-refractivity contribution is -0.139. The highest BCUT2D eigenvalue weighted by atomic mass is 32.2. The van der Waals surface area contributed by atoms with Crippen LogP contribution in [0.5, 0.6) is 0 Å². The van der Waals surface area contributed by atoms with E-state index in [4.69, 9.17) is 5.11 Å². The van der Waals surface area contributed by atoms with E-state index in [-0.39, 0.29) is 17.2 Å². The first kappa shape index (κ1) is 19.5. The second-order valence-corrected chi connectivity index (χ2v) is 7.81. The number of rotatable bonds is 9. The number of carboxylic acids is 1. The second-order valence-electron chi connectivity index (χ2n) is 4.70. The third kappa shape index (κ3) is 6.59. The van der Waals surface area contributed by atoms with E-state index >= 15 is 0 Å². The van der Waals surface area contributed by atoms with Crippen molar-refractivity contribution in [1.82, 2.24) is 4.72 Å². The molecule has 0 radical (unpaired) electrons. The Kier molecular flexibility index (Phi) is 7.53. The first-order valence-electron chi connectivity index (χ1n) is 6.96. The summed E-state index contributed by atoms with van der Waals surface area (Å²) in [6.45, 7) is 3.29. The summed E-state index contributed by atoms with van der Waals surface area (Å²) < 4.78 is 26.7. The number of anilines is 1. The molecule has 0 saturated heterocycles. The average Bonchev–Trinajstić information content (AvgIpc) is 2.46. The van der Waals surface area contributed by atoms with Gasteiger partial charge in [-0.25, -0.2) is 8.42 Å². The van der Waals surface area contributed by atoms with Gasteiger partial charge in [-0.15, -0.1) is 0 Å². The van der Waals surface area contributed by atoms with Gasteiger partial charge in [-0.1, -0.05) is 6.92 Å². The normalized spacial score (nSPS) is 12.6. The van der Waals surface area contributed by atoms with Crippen molar-refractivity contribution in [3.8, 4) is 0 Å². The zero-order chi connectivity index (χ0) is 17.5. The Morgan fingerprint density at radius 2 is 1.87 bits per heavy atom. The van der Waals surface area contributed by atoms with E-state index < -0.39 is 22.0 Å². The number of carbonyl (C=O) groups excluding carboxylic acids is 1. The van der Waals surface area contributed by atoms with Crippen LogP contribution in [0.1, 0.15) is 20.3 Å². The predicted octanol–water partition coefficient (Wildman–Crippen LogP) is 1.52. The minimum absolute atomic E-state index is 0.0546. The molecule has 3 N–H and O–H groups in total. The van der Waals surface area contributed by atoms with Gasteiger partial charge in [-0.2, -0.15) is 16.5 Å². The topological polar surface area (TPSA) is 113 Å². The number of carbonyl (C=O) groups is 2. The maximum atomic E-state index is 12.2. The lowest BCUT2D eigenvalue weighted by atomic mass is 10.2. The molecule has 9 heteroatoms. The smallest absolute Gasteiger partial charge is 0.321 e. The molecule has 1 rings (SSSR count). The molecule has 0 bridgehead atoms. The highest BCUT2D eigenvalue weighted by Crippen LogP contribution is 2.15. The summed E-state index contributed by atoms with van der Waals surface area (Å²) in [6.07, 6.45) is 0.205. The molecule has 0 aliphatic carbocycles. The Morgan fingerprint density at radius 1 is 1.26 bits per heavy atom. The van der Waals surface area contributed by atoms with Crippen molar-refractivity contribution in [1.29, 1.82) is 0 Å². The molecule has 128 valence electrons. The molecule has 7 nitrogen and oxygen atoms in total.